The highest BCUT2D eigenvalue weighted by atomic mass is 16.5. The molecule has 0 unspecified atom stereocenters. The average molecular weight is 342 g/mol. The minimum Gasteiger partial charge on any atom is -0.496 e. The van der Waals surface area contributed by atoms with Crippen molar-refractivity contribution in [1.29, 1.82) is 0 Å². The summed E-state index contributed by atoms with van der Waals surface area (Å²) in [6.45, 7) is 2.83. The summed E-state index contributed by atoms with van der Waals surface area (Å²) in [7, 11) is 1.47. The summed E-state index contributed by atoms with van der Waals surface area (Å²) in [4.78, 5) is 23.0. The molecule has 6 heteroatoms. The van der Waals surface area contributed by atoms with E-state index in [2.05, 4.69) is 10.6 Å². The smallest absolute Gasteiger partial charge is 0.335 e. The fourth-order valence-electron chi connectivity index (χ4n) is 2.39. The Morgan fingerprint density at radius 1 is 1.16 bits per heavy atom. The van der Waals surface area contributed by atoms with E-state index in [1.807, 2.05) is 31.2 Å². The van der Waals surface area contributed by atoms with Crippen molar-refractivity contribution >= 4 is 17.6 Å². The Bertz CT molecular complexity index is 759. The number of carbonyl (C=O) groups excluding carboxylic acids is 1. The van der Waals surface area contributed by atoms with Crippen LogP contribution in [0.25, 0.3) is 0 Å². The molecule has 1 amide bonds. The van der Waals surface area contributed by atoms with E-state index in [-0.39, 0.29) is 18.0 Å². The largest absolute Gasteiger partial charge is 0.496 e. The summed E-state index contributed by atoms with van der Waals surface area (Å²) in [5.74, 6) is -0.667. The van der Waals surface area contributed by atoms with Crippen LogP contribution in [0, 0.1) is 6.92 Å². The number of amides is 1. The lowest BCUT2D eigenvalue weighted by Crippen LogP contribution is -2.25. The minimum atomic E-state index is -1.02. The summed E-state index contributed by atoms with van der Waals surface area (Å²) in [6, 6.07) is 12.5. The number of aromatic carboxylic acids is 1. The summed E-state index contributed by atoms with van der Waals surface area (Å²) in [5, 5.41) is 15.0. The first-order valence-corrected chi connectivity index (χ1v) is 7.97. The van der Waals surface area contributed by atoms with Crippen LogP contribution in [0.15, 0.2) is 42.5 Å². The standard InChI is InChI=1S/C19H22N2O4/c1-13-5-3-4-6-16(13)20-10-9-18(22)21-12-15-8-7-14(19(23)24)11-17(15)25-2/h3-8,11,20H,9-10,12H2,1-2H3,(H,21,22)(H,23,24). The summed E-state index contributed by atoms with van der Waals surface area (Å²) >= 11 is 0. The molecule has 0 aromatic heterocycles. The molecular formula is C19H22N2O4. The zero-order valence-electron chi connectivity index (χ0n) is 14.3. The number of benzene rings is 2. The second kappa shape index (κ2) is 8.73. The first kappa shape index (κ1) is 18.3. The Labute approximate surface area is 146 Å². The molecule has 2 rings (SSSR count). The van der Waals surface area contributed by atoms with Gasteiger partial charge in [0.2, 0.25) is 5.91 Å². The maximum absolute atomic E-state index is 12.0. The van der Waals surface area contributed by atoms with Gasteiger partial charge in [0.05, 0.1) is 12.7 Å². The predicted molar refractivity (Wildman–Crippen MR) is 96.1 cm³/mol. The van der Waals surface area contributed by atoms with Crippen LogP contribution in [0.4, 0.5) is 5.69 Å². The third-order valence-corrected chi connectivity index (χ3v) is 3.82. The fourth-order valence-corrected chi connectivity index (χ4v) is 2.39. The maximum atomic E-state index is 12.0. The number of methoxy groups -OCH3 is 1. The van der Waals surface area contributed by atoms with Crippen LogP contribution in [0.1, 0.15) is 27.9 Å². The van der Waals surface area contributed by atoms with Gasteiger partial charge >= 0.3 is 5.97 Å². The van der Waals surface area contributed by atoms with Crippen LogP contribution >= 0.6 is 0 Å². The topological polar surface area (TPSA) is 87.7 Å². The predicted octanol–water partition coefficient (Wildman–Crippen LogP) is 2.82. The zero-order chi connectivity index (χ0) is 18.2. The Morgan fingerprint density at radius 2 is 1.92 bits per heavy atom. The lowest BCUT2D eigenvalue weighted by atomic mass is 10.1. The number of aryl methyl sites for hydroxylation is 1. The van der Waals surface area contributed by atoms with E-state index in [0.717, 1.165) is 16.8 Å². The van der Waals surface area contributed by atoms with Crippen molar-refractivity contribution in [1.82, 2.24) is 5.32 Å². The van der Waals surface area contributed by atoms with Crippen LogP contribution in [-0.4, -0.2) is 30.6 Å². The number of carboxylic acid groups (broad SMARTS) is 1. The third kappa shape index (κ3) is 5.24. The molecule has 0 aliphatic carbocycles. The quantitative estimate of drug-likeness (QED) is 0.687. The van der Waals surface area contributed by atoms with Crippen molar-refractivity contribution < 1.29 is 19.4 Å². The first-order valence-electron chi connectivity index (χ1n) is 7.97. The Morgan fingerprint density at radius 3 is 2.60 bits per heavy atom. The minimum absolute atomic E-state index is 0.0922. The molecule has 3 N–H and O–H groups in total. The molecule has 0 heterocycles. The van der Waals surface area contributed by atoms with Crippen molar-refractivity contribution in [3.05, 3.63) is 59.2 Å². The molecular weight excluding hydrogens is 320 g/mol. The second-order valence-corrected chi connectivity index (χ2v) is 5.60. The van der Waals surface area contributed by atoms with Crippen LogP contribution < -0.4 is 15.4 Å². The summed E-state index contributed by atoms with van der Waals surface area (Å²) in [5.41, 5.74) is 3.02. The highest BCUT2D eigenvalue weighted by molar-refractivity contribution is 5.88. The van der Waals surface area contributed by atoms with E-state index < -0.39 is 5.97 Å². The van der Waals surface area contributed by atoms with Crippen molar-refractivity contribution in [3.63, 3.8) is 0 Å². The Kier molecular flexibility index (Phi) is 6.39. The third-order valence-electron chi connectivity index (χ3n) is 3.82. The molecule has 25 heavy (non-hydrogen) atoms. The van der Waals surface area contributed by atoms with Crippen LogP contribution in [0.5, 0.6) is 5.75 Å². The first-order chi connectivity index (χ1) is 12.0. The molecule has 0 aliphatic heterocycles. The lowest BCUT2D eigenvalue weighted by molar-refractivity contribution is -0.121. The van der Waals surface area contributed by atoms with Crippen LogP contribution in [0.2, 0.25) is 0 Å². The molecule has 0 fully saturated rings. The van der Waals surface area contributed by atoms with E-state index in [0.29, 0.717) is 18.7 Å². The number of para-hydroxylation sites is 1. The van der Waals surface area contributed by atoms with E-state index in [4.69, 9.17) is 9.84 Å². The normalized spacial score (nSPS) is 10.2. The highest BCUT2D eigenvalue weighted by Crippen LogP contribution is 2.20. The molecule has 0 radical (unpaired) electrons. The molecule has 0 bridgehead atoms. The van der Waals surface area contributed by atoms with Gasteiger partial charge in [0.25, 0.3) is 0 Å². The van der Waals surface area contributed by atoms with Gasteiger partial charge in [0, 0.05) is 30.8 Å². The number of ether oxygens (including phenoxy) is 1. The molecule has 0 atom stereocenters. The van der Waals surface area contributed by atoms with Crippen LogP contribution in [-0.2, 0) is 11.3 Å². The number of hydrogen-bond acceptors (Lipinski definition) is 4. The SMILES string of the molecule is COc1cc(C(=O)O)ccc1CNC(=O)CCNc1ccccc1C. The molecule has 132 valence electrons. The van der Waals surface area contributed by atoms with Gasteiger partial charge in [-0.3, -0.25) is 4.79 Å². The second-order valence-electron chi connectivity index (χ2n) is 5.60. The van der Waals surface area contributed by atoms with Gasteiger partial charge in [-0.1, -0.05) is 24.3 Å². The van der Waals surface area contributed by atoms with Gasteiger partial charge in [-0.15, -0.1) is 0 Å². The van der Waals surface area contributed by atoms with Gasteiger partial charge in [-0.05, 0) is 30.7 Å². The van der Waals surface area contributed by atoms with E-state index in [9.17, 15) is 9.59 Å². The summed E-state index contributed by atoms with van der Waals surface area (Å²) in [6.07, 6.45) is 0.337. The van der Waals surface area contributed by atoms with Crippen molar-refractivity contribution in [3.8, 4) is 5.75 Å². The monoisotopic (exact) mass is 342 g/mol. The van der Waals surface area contributed by atoms with E-state index in [1.165, 1.54) is 19.2 Å². The number of hydrogen-bond donors (Lipinski definition) is 3. The zero-order valence-corrected chi connectivity index (χ0v) is 14.3. The number of carboxylic acids is 1. The van der Waals surface area contributed by atoms with Gasteiger partial charge in [-0.25, -0.2) is 4.79 Å². The number of anilines is 1. The number of nitrogens with one attached hydrogen (secondary N) is 2. The van der Waals surface area contributed by atoms with Gasteiger partial charge < -0.3 is 20.5 Å². The molecule has 0 saturated carbocycles. The van der Waals surface area contributed by atoms with Crippen molar-refractivity contribution in [2.75, 3.05) is 19.0 Å². The Hall–Kier alpha value is -3.02. The molecule has 6 nitrogen and oxygen atoms in total. The molecule has 0 saturated heterocycles. The summed E-state index contributed by atoms with van der Waals surface area (Å²) < 4.78 is 5.19. The van der Waals surface area contributed by atoms with E-state index in [1.54, 1.807) is 6.07 Å². The number of carbonyl (C=O) groups is 2. The van der Waals surface area contributed by atoms with Gasteiger partial charge in [-0.2, -0.15) is 0 Å². The van der Waals surface area contributed by atoms with E-state index >= 15 is 0 Å². The van der Waals surface area contributed by atoms with Gasteiger partial charge in [0.15, 0.2) is 0 Å². The molecule has 0 aliphatic rings. The Balaban J connectivity index is 1.83. The highest BCUT2D eigenvalue weighted by Gasteiger charge is 2.10. The average Bonchev–Trinajstić information content (AvgIpc) is 2.61. The number of rotatable bonds is 8. The maximum Gasteiger partial charge on any atom is 0.335 e. The fraction of sp³-hybridized carbons (Fsp3) is 0.263. The van der Waals surface area contributed by atoms with Gasteiger partial charge in [0.1, 0.15) is 5.75 Å². The van der Waals surface area contributed by atoms with Crippen molar-refractivity contribution in [2.24, 2.45) is 0 Å². The lowest BCUT2D eigenvalue weighted by Gasteiger charge is -2.12. The molecule has 0 spiro atoms. The molecule has 2 aromatic carbocycles. The van der Waals surface area contributed by atoms with Crippen molar-refractivity contribution in [2.45, 2.75) is 19.9 Å². The van der Waals surface area contributed by atoms with Crippen LogP contribution in [0.3, 0.4) is 0 Å². The molecule has 2 aromatic rings.